The van der Waals surface area contributed by atoms with Crippen LogP contribution in [0.4, 0.5) is 5.69 Å². The molecular formula is C15H13ClN2O2. The number of imide groups is 1. The van der Waals surface area contributed by atoms with Crippen LogP contribution in [0.3, 0.4) is 0 Å². The van der Waals surface area contributed by atoms with Crippen LogP contribution in [0.15, 0.2) is 18.2 Å². The Hall–Kier alpha value is -1.86. The molecule has 3 rings (SSSR count). The number of hydrogen-bond acceptors (Lipinski definition) is 3. The number of nitrogens with zero attached hydrogens (tertiary/aromatic N) is 2. The minimum absolute atomic E-state index is 0.192. The SMILES string of the molecule is CC1CC2C(=O)N(c3cc(Cl)ccc3C#N)C(=O)C2C1. The lowest BCUT2D eigenvalue weighted by atomic mass is 10.00. The average molecular weight is 289 g/mol. The summed E-state index contributed by atoms with van der Waals surface area (Å²) in [6.45, 7) is 2.06. The lowest BCUT2D eigenvalue weighted by molar-refractivity contribution is -0.123. The zero-order chi connectivity index (χ0) is 14.4. The van der Waals surface area contributed by atoms with Gasteiger partial charge in [0.15, 0.2) is 0 Å². The molecule has 1 saturated carbocycles. The van der Waals surface area contributed by atoms with Crippen LogP contribution in [0, 0.1) is 29.1 Å². The van der Waals surface area contributed by atoms with Crippen molar-refractivity contribution in [1.82, 2.24) is 0 Å². The number of rotatable bonds is 1. The highest BCUT2D eigenvalue weighted by atomic mass is 35.5. The van der Waals surface area contributed by atoms with Gasteiger partial charge in [0.2, 0.25) is 11.8 Å². The zero-order valence-corrected chi connectivity index (χ0v) is 11.7. The maximum atomic E-state index is 12.5. The lowest BCUT2D eigenvalue weighted by Crippen LogP contribution is -2.32. The van der Waals surface area contributed by atoms with Crippen molar-refractivity contribution in [2.45, 2.75) is 19.8 Å². The standard InChI is InChI=1S/C15H13ClN2O2/c1-8-4-11-12(5-8)15(20)18(14(11)19)13-6-10(16)3-2-9(13)7-17/h2-3,6,8,11-12H,4-5H2,1H3. The molecular weight excluding hydrogens is 276 g/mol. The monoisotopic (exact) mass is 288 g/mol. The predicted octanol–water partition coefficient (Wildman–Crippen LogP) is 2.75. The van der Waals surface area contributed by atoms with Gasteiger partial charge in [0, 0.05) is 5.02 Å². The molecule has 2 amide bonds. The highest BCUT2D eigenvalue weighted by Gasteiger charge is 2.52. The van der Waals surface area contributed by atoms with Gasteiger partial charge in [0.1, 0.15) is 6.07 Å². The molecule has 1 heterocycles. The van der Waals surface area contributed by atoms with E-state index in [1.54, 1.807) is 6.07 Å². The van der Waals surface area contributed by atoms with Crippen molar-refractivity contribution < 1.29 is 9.59 Å². The molecule has 102 valence electrons. The van der Waals surface area contributed by atoms with Gasteiger partial charge < -0.3 is 0 Å². The van der Waals surface area contributed by atoms with Crippen molar-refractivity contribution in [3.05, 3.63) is 28.8 Å². The zero-order valence-electron chi connectivity index (χ0n) is 11.0. The molecule has 1 aromatic carbocycles. The number of hydrogen-bond donors (Lipinski definition) is 0. The van der Waals surface area contributed by atoms with E-state index in [1.165, 1.54) is 12.1 Å². The molecule has 1 aliphatic heterocycles. The Kier molecular flexibility index (Phi) is 3.02. The van der Waals surface area contributed by atoms with Crippen LogP contribution in [0.5, 0.6) is 0 Å². The molecule has 0 N–H and O–H groups in total. The van der Waals surface area contributed by atoms with Crippen LogP contribution < -0.4 is 4.90 Å². The Bertz CT molecular complexity index is 626. The molecule has 2 aliphatic rings. The number of amides is 2. The smallest absolute Gasteiger partial charge is 0.237 e. The largest absolute Gasteiger partial charge is 0.274 e. The third kappa shape index (κ3) is 1.82. The molecule has 0 bridgehead atoms. The van der Waals surface area contributed by atoms with E-state index < -0.39 is 0 Å². The summed E-state index contributed by atoms with van der Waals surface area (Å²) in [6.07, 6.45) is 1.49. The van der Waals surface area contributed by atoms with Crippen molar-refractivity contribution >= 4 is 29.1 Å². The van der Waals surface area contributed by atoms with Gasteiger partial charge in [-0.1, -0.05) is 18.5 Å². The van der Waals surface area contributed by atoms with E-state index in [4.69, 9.17) is 16.9 Å². The number of carbonyl (C=O) groups excluding carboxylic acids is 2. The second-order valence-corrected chi connectivity index (χ2v) is 6.01. The van der Waals surface area contributed by atoms with Crippen LogP contribution in [-0.2, 0) is 9.59 Å². The minimum atomic E-state index is -0.233. The summed E-state index contributed by atoms with van der Waals surface area (Å²) < 4.78 is 0. The van der Waals surface area contributed by atoms with Crippen molar-refractivity contribution in [2.75, 3.05) is 4.90 Å². The van der Waals surface area contributed by atoms with Crippen molar-refractivity contribution in [1.29, 1.82) is 5.26 Å². The van der Waals surface area contributed by atoms with Gasteiger partial charge in [-0.2, -0.15) is 5.26 Å². The van der Waals surface area contributed by atoms with Crippen molar-refractivity contribution in [2.24, 2.45) is 17.8 Å². The van der Waals surface area contributed by atoms with Crippen LogP contribution in [-0.4, -0.2) is 11.8 Å². The van der Waals surface area contributed by atoms with Gasteiger partial charge in [-0.05, 0) is 37.0 Å². The fourth-order valence-corrected chi connectivity index (χ4v) is 3.47. The van der Waals surface area contributed by atoms with Gasteiger partial charge in [0.25, 0.3) is 0 Å². The van der Waals surface area contributed by atoms with Gasteiger partial charge in [-0.15, -0.1) is 0 Å². The molecule has 1 saturated heterocycles. The molecule has 5 heteroatoms. The lowest BCUT2D eigenvalue weighted by Gasteiger charge is -2.18. The highest BCUT2D eigenvalue weighted by molar-refractivity contribution is 6.31. The number of anilines is 1. The molecule has 0 aromatic heterocycles. The predicted molar refractivity (Wildman–Crippen MR) is 74.0 cm³/mol. The minimum Gasteiger partial charge on any atom is -0.274 e. The fourth-order valence-electron chi connectivity index (χ4n) is 3.30. The van der Waals surface area contributed by atoms with E-state index in [0.717, 1.165) is 17.7 Å². The summed E-state index contributed by atoms with van der Waals surface area (Å²) in [5, 5.41) is 9.55. The molecule has 20 heavy (non-hydrogen) atoms. The number of nitriles is 1. The second-order valence-electron chi connectivity index (χ2n) is 5.57. The van der Waals surface area contributed by atoms with Crippen LogP contribution in [0.25, 0.3) is 0 Å². The Morgan fingerprint density at radius 1 is 1.25 bits per heavy atom. The second kappa shape index (κ2) is 4.60. The average Bonchev–Trinajstić information content (AvgIpc) is 2.89. The maximum Gasteiger partial charge on any atom is 0.237 e. The van der Waals surface area contributed by atoms with Gasteiger partial charge in [0.05, 0.1) is 23.1 Å². The number of fused-ring (bicyclic) bond motifs is 1. The number of benzene rings is 1. The first-order chi connectivity index (χ1) is 9.52. The third-order valence-corrected chi connectivity index (χ3v) is 4.43. The van der Waals surface area contributed by atoms with Gasteiger partial charge in [-0.3, -0.25) is 9.59 Å². The first kappa shape index (κ1) is 13.1. The molecule has 2 atom stereocenters. The van der Waals surface area contributed by atoms with E-state index in [1.807, 2.05) is 6.07 Å². The summed E-state index contributed by atoms with van der Waals surface area (Å²) in [5.41, 5.74) is 0.612. The summed E-state index contributed by atoms with van der Waals surface area (Å²) >= 11 is 5.93. The van der Waals surface area contributed by atoms with Crippen LogP contribution in [0.2, 0.25) is 5.02 Å². The van der Waals surface area contributed by atoms with Gasteiger partial charge >= 0.3 is 0 Å². The van der Waals surface area contributed by atoms with E-state index in [-0.39, 0.29) is 23.7 Å². The van der Waals surface area contributed by atoms with E-state index in [0.29, 0.717) is 22.2 Å². The number of halogens is 1. The van der Waals surface area contributed by atoms with Crippen molar-refractivity contribution in [3.8, 4) is 6.07 Å². The van der Waals surface area contributed by atoms with E-state index in [2.05, 4.69) is 6.92 Å². The van der Waals surface area contributed by atoms with Crippen LogP contribution >= 0.6 is 11.6 Å². The Labute approximate surface area is 121 Å². The number of carbonyl (C=O) groups is 2. The van der Waals surface area contributed by atoms with E-state index in [9.17, 15) is 9.59 Å². The van der Waals surface area contributed by atoms with Crippen molar-refractivity contribution in [3.63, 3.8) is 0 Å². The summed E-state index contributed by atoms with van der Waals surface area (Å²) in [4.78, 5) is 26.1. The molecule has 4 nitrogen and oxygen atoms in total. The topological polar surface area (TPSA) is 61.2 Å². The first-order valence-electron chi connectivity index (χ1n) is 6.60. The Balaban J connectivity index is 2.05. The quantitative estimate of drug-likeness (QED) is 0.747. The Morgan fingerprint density at radius 3 is 2.40 bits per heavy atom. The summed E-state index contributed by atoms with van der Waals surface area (Å²) in [7, 11) is 0. The van der Waals surface area contributed by atoms with E-state index >= 15 is 0 Å². The molecule has 2 fully saturated rings. The Morgan fingerprint density at radius 2 is 1.85 bits per heavy atom. The maximum absolute atomic E-state index is 12.5. The fraction of sp³-hybridized carbons (Fsp3) is 0.400. The molecule has 0 radical (unpaired) electrons. The normalized spacial score (nSPS) is 28.6. The summed E-state index contributed by atoms with van der Waals surface area (Å²) in [5.74, 6) is -0.452. The summed E-state index contributed by atoms with van der Waals surface area (Å²) in [6, 6.07) is 6.64. The first-order valence-corrected chi connectivity index (χ1v) is 6.98. The molecule has 1 aromatic rings. The van der Waals surface area contributed by atoms with Crippen LogP contribution in [0.1, 0.15) is 25.3 Å². The third-order valence-electron chi connectivity index (χ3n) is 4.19. The molecule has 2 unspecified atom stereocenters. The molecule has 1 aliphatic carbocycles. The molecule has 0 spiro atoms. The van der Waals surface area contributed by atoms with Gasteiger partial charge in [-0.25, -0.2) is 4.90 Å². The highest BCUT2D eigenvalue weighted by Crippen LogP contribution is 2.45.